The molecule has 0 fully saturated rings. The molecular weight excluding hydrogens is 425 g/mol. The average Bonchev–Trinajstić information content (AvgIpc) is 3.02. The Morgan fingerprint density at radius 1 is 1.25 bits per heavy atom. The lowest BCUT2D eigenvalue weighted by atomic mass is 10.0. The van der Waals surface area contributed by atoms with E-state index < -0.39 is 5.97 Å². The van der Waals surface area contributed by atoms with Gasteiger partial charge in [-0.3, -0.25) is 0 Å². The van der Waals surface area contributed by atoms with Crippen LogP contribution in [0.2, 0.25) is 10.2 Å². The summed E-state index contributed by atoms with van der Waals surface area (Å²) in [5.41, 5.74) is 1.88. The number of carbonyl (C=O) groups is 1. The molecule has 148 valence electrons. The van der Waals surface area contributed by atoms with Crippen LogP contribution in [0, 0.1) is 0 Å². The zero-order valence-electron chi connectivity index (χ0n) is 15.3. The first-order valence-electron chi connectivity index (χ1n) is 7.91. The fourth-order valence-electron chi connectivity index (χ4n) is 2.07. The molecule has 28 heavy (non-hydrogen) atoms. The number of oxime groups is 2. The highest BCUT2D eigenvalue weighted by Gasteiger charge is 2.19. The number of hydrogen-bond donors (Lipinski definition) is 0. The highest BCUT2D eigenvalue weighted by molar-refractivity contribution is 7.08. The quantitative estimate of drug-likeness (QED) is 0.340. The molecule has 0 atom stereocenters. The standard InChI is InChI=1S/C18H17Cl2N3O4S/c1-11(8-9-14-15(19)17(20)23-28-14)21-27-10-12-6-4-5-7-13(12)16(22-26-3)18(24)25-2/h4-9H,10H2,1-3H3/b9-8+,21-11+,22-16+. The van der Waals surface area contributed by atoms with Crippen molar-refractivity contribution in [3.05, 3.63) is 56.5 Å². The van der Waals surface area contributed by atoms with Gasteiger partial charge >= 0.3 is 5.97 Å². The number of nitrogens with zero attached hydrogens (tertiary/aromatic N) is 3. The van der Waals surface area contributed by atoms with Crippen molar-refractivity contribution in [1.82, 2.24) is 4.37 Å². The maximum Gasteiger partial charge on any atom is 0.360 e. The monoisotopic (exact) mass is 441 g/mol. The molecule has 1 heterocycles. The smallest absolute Gasteiger partial charge is 0.360 e. The molecule has 0 aliphatic rings. The van der Waals surface area contributed by atoms with E-state index in [1.54, 1.807) is 37.3 Å². The number of hydrogen-bond acceptors (Lipinski definition) is 8. The Kier molecular flexibility index (Phi) is 8.43. The van der Waals surface area contributed by atoms with Gasteiger partial charge in [-0.15, -0.1) is 0 Å². The van der Waals surface area contributed by atoms with Crippen molar-refractivity contribution in [3.63, 3.8) is 0 Å². The summed E-state index contributed by atoms with van der Waals surface area (Å²) in [5, 5.41) is 8.46. The molecule has 0 unspecified atom stereocenters. The van der Waals surface area contributed by atoms with E-state index in [-0.39, 0.29) is 17.5 Å². The maximum atomic E-state index is 12.0. The molecule has 0 aliphatic carbocycles. The number of rotatable bonds is 8. The Labute approximate surface area is 176 Å². The van der Waals surface area contributed by atoms with E-state index in [0.717, 1.165) is 4.88 Å². The van der Waals surface area contributed by atoms with Crippen molar-refractivity contribution < 1.29 is 19.2 Å². The SMILES string of the molecule is CO/N=C(/C(=O)OC)c1ccccc1CO/N=C(C)/C=C/c1snc(Cl)c1Cl. The van der Waals surface area contributed by atoms with E-state index >= 15 is 0 Å². The average molecular weight is 442 g/mol. The first-order chi connectivity index (χ1) is 13.5. The second kappa shape index (κ2) is 10.8. The third-order valence-electron chi connectivity index (χ3n) is 3.36. The van der Waals surface area contributed by atoms with Gasteiger partial charge in [-0.1, -0.05) is 57.8 Å². The number of allylic oxidation sites excluding steroid dienone is 1. The molecule has 0 saturated carbocycles. The fraction of sp³-hybridized carbons (Fsp3) is 0.222. The number of aromatic nitrogens is 1. The van der Waals surface area contributed by atoms with Crippen molar-refractivity contribution >= 4 is 58.2 Å². The van der Waals surface area contributed by atoms with Crippen LogP contribution in [0.4, 0.5) is 0 Å². The highest BCUT2D eigenvalue weighted by atomic mass is 35.5. The molecule has 0 radical (unpaired) electrons. The summed E-state index contributed by atoms with van der Waals surface area (Å²) in [6.45, 7) is 1.89. The van der Waals surface area contributed by atoms with E-state index in [9.17, 15) is 4.79 Å². The van der Waals surface area contributed by atoms with Gasteiger partial charge in [-0.2, -0.15) is 4.37 Å². The van der Waals surface area contributed by atoms with E-state index in [1.165, 1.54) is 25.8 Å². The van der Waals surface area contributed by atoms with E-state index in [4.69, 9.17) is 37.6 Å². The van der Waals surface area contributed by atoms with Crippen molar-refractivity contribution in [2.45, 2.75) is 13.5 Å². The molecule has 2 rings (SSSR count). The second-order valence-electron chi connectivity index (χ2n) is 5.26. The van der Waals surface area contributed by atoms with Crippen LogP contribution in [0.1, 0.15) is 22.9 Å². The summed E-state index contributed by atoms with van der Waals surface area (Å²) in [6, 6.07) is 7.10. The number of methoxy groups -OCH3 is 1. The number of carbonyl (C=O) groups excluding carboxylic acids is 1. The third-order valence-corrected chi connectivity index (χ3v) is 5.14. The first-order valence-corrected chi connectivity index (χ1v) is 9.43. The largest absolute Gasteiger partial charge is 0.464 e. The molecule has 2 aromatic rings. The van der Waals surface area contributed by atoms with E-state index in [2.05, 4.69) is 14.7 Å². The Morgan fingerprint density at radius 3 is 2.64 bits per heavy atom. The highest BCUT2D eigenvalue weighted by Crippen LogP contribution is 2.29. The molecule has 0 amide bonds. The molecule has 0 bridgehead atoms. The van der Waals surface area contributed by atoms with Crippen LogP contribution < -0.4 is 0 Å². The Balaban J connectivity index is 2.10. The Hall–Kier alpha value is -2.42. The first kappa shape index (κ1) is 21.9. The summed E-state index contributed by atoms with van der Waals surface area (Å²) < 4.78 is 8.70. The van der Waals surface area contributed by atoms with Gasteiger partial charge in [-0.25, -0.2) is 4.79 Å². The molecule has 1 aromatic heterocycles. The summed E-state index contributed by atoms with van der Waals surface area (Å²) in [4.78, 5) is 22.8. The van der Waals surface area contributed by atoms with Crippen LogP contribution in [0.5, 0.6) is 0 Å². The van der Waals surface area contributed by atoms with Crippen molar-refractivity contribution in [3.8, 4) is 0 Å². The summed E-state index contributed by atoms with van der Waals surface area (Å²) in [5.74, 6) is -0.614. The minimum Gasteiger partial charge on any atom is -0.464 e. The minimum atomic E-state index is -0.614. The summed E-state index contributed by atoms with van der Waals surface area (Å²) in [7, 11) is 2.62. The molecule has 7 nitrogen and oxygen atoms in total. The van der Waals surface area contributed by atoms with Crippen molar-refractivity contribution in [2.75, 3.05) is 14.2 Å². The fourth-order valence-corrected chi connectivity index (χ4v) is 3.16. The molecule has 0 saturated heterocycles. The summed E-state index contributed by atoms with van der Waals surface area (Å²) >= 11 is 13.0. The topological polar surface area (TPSA) is 82.4 Å². The number of ether oxygens (including phenoxy) is 1. The number of halogens is 2. The molecular formula is C18H17Cl2N3O4S. The van der Waals surface area contributed by atoms with E-state index in [0.29, 0.717) is 21.9 Å². The van der Waals surface area contributed by atoms with Gasteiger partial charge in [0.1, 0.15) is 13.7 Å². The molecule has 0 N–H and O–H groups in total. The Morgan fingerprint density at radius 2 is 2.00 bits per heavy atom. The predicted octanol–water partition coefficient (Wildman–Crippen LogP) is 4.58. The maximum absolute atomic E-state index is 12.0. The molecule has 1 aromatic carbocycles. The van der Waals surface area contributed by atoms with Crippen LogP contribution in [0.15, 0.2) is 40.7 Å². The van der Waals surface area contributed by atoms with Crippen molar-refractivity contribution in [1.29, 1.82) is 0 Å². The van der Waals surface area contributed by atoms with Gasteiger partial charge in [0.05, 0.1) is 22.7 Å². The minimum absolute atomic E-state index is 0.0431. The van der Waals surface area contributed by atoms with Crippen LogP contribution in [0.3, 0.4) is 0 Å². The zero-order valence-corrected chi connectivity index (χ0v) is 17.6. The van der Waals surface area contributed by atoms with Gasteiger partial charge in [0, 0.05) is 11.1 Å². The number of benzene rings is 1. The van der Waals surface area contributed by atoms with Gasteiger partial charge in [-0.05, 0) is 30.6 Å². The van der Waals surface area contributed by atoms with E-state index in [1.807, 2.05) is 6.07 Å². The van der Waals surface area contributed by atoms with Gasteiger partial charge in [0.2, 0.25) is 0 Å². The Bertz CT molecular complexity index is 925. The van der Waals surface area contributed by atoms with Gasteiger partial charge < -0.3 is 14.4 Å². The number of esters is 1. The molecule has 0 aliphatic heterocycles. The van der Waals surface area contributed by atoms with Crippen LogP contribution >= 0.6 is 34.7 Å². The predicted molar refractivity (Wildman–Crippen MR) is 111 cm³/mol. The summed E-state index contributed by atoms with van der Waals surface area (Å²) in [6.07, 6.45) is 3.48. The molecule has 0 spiro atoms. The lowest BCUT2D eigenvalue weighted by Gasteiger charge is -2.09. The second-order valence-corrected chi connectivity index (χ2v) is 6.80. The van der Waals surface area contributed by atoms with Gasteiger partial charge in [0.15, 0.2) is 10.9 Å². The van der Waals surface area contributed by atoms with Crippen LogP contribution in [-0.4, -0.2) is 36.0 Å². The lowest BCUT2D eigenvalue weighted by molar-refractivity contribution is -0.132. The van der Waals surface area contributed by atoms with Crippen LogP contribution in [-0.2, 0) is 25.8 Å². The van der Waals surface area contributed by atoms with Crippen LogP contribution in [0.25, 0.3) is 6.08 Å². The molecule has 10 heteroatoms. The van der Waals surface area contributed by atoms with Crippen molar-refractivity contribution in [2.24, 2.45) is 10.3 Å². The van der Waals surface area contributed by atoms with Gasteiger partial charge in [0.25, 0.3) is 0 Å². The zero-order chi connectivity index (χ0) is 20.5. The third kappa shape index (κ3) is 5.79. The lowest BCUT2D eigenvalue weighted by Crippen LogP contribution is -2.19. The normalized spacial score (nSPS) is 12.3.